The smallest absolute Gasteiger partial charge is 0.387 e. The first-order chi connectivity index (χ1) is 12.6. The van der Waals surface area contributed by atoms with Gasteiger partial charge in [-0.3, -0.25) is 0 Å². The van der Waals surface area contributed by atoms with Gasteiger partial charge in [-0.1, -0.05) is 12.1 Å². The molecule has 10 heteroatoms. The summed E-state index contributed by atoms with van der Waals surface area (Å²) in [5.41, 5.74) is -2.34. The Balaban J connectivity index is 2.43. The van der Waals surface area contributed by atoms with E-state index < -0.39 is 35.0 Å². The Morgan fingerprint density at radius 3 is 1.37 bits per heavy atom. The average Bonchev–Trinajstić information content (AvgIpc) is 2.56. The van der Waals surface area contributed by atoms with Crippen LogP contribution in [0.3, 0.4) is 0 Å². The van der Waals surface area contributed by atoms with Crippen molar-refractivity contribution in [3.63, 3.8) is 0 Å². The third kappa shape index (κ3) is 4.82. The van der Waals surface area contributed by atoms with Crippen LogP contribution in [0.5, 0.6) is 11.5 Å². The Morgan fingerprint density at radius 1 is 0.704 bits per heavy atom. The third-order valence-electron chi connectivity index (χ3n) is 3.42. The zero-order valence-electron chi connectivity index (χ0n) is 13.1. The summed E-state index contributed by atoms with van der Waals surface area (Å²) < 4.78 is 86.9. The van der Waals surface area contributed by atoms with Gasteiger partial charge in [0, 0.05) is 0 Å². The summed E-state index contributed by atoms with van der Waals surface area (Å²) in [4.78, 5) is 0. The molecule has 0 aliphatic carbocycles. The lowest BCUT2D eigenvalue weighted by Crippen LogP contribution is -2.09. The molecule has 27 heavy (non-hydrogen) atoms. The number of hydrogen-bond acceptors (Lipinski definition) is 4. The number of hydrogen-bond donors (Lipinski definition) is 0. The largest absolute Gasteiger partial charge is 0.420 e. The van der Waals surface area contributed by atoms with E-state index in [0.717, 1.165) is 24.6 Å². The average molecular weight is 386 g/mol. The molecule has 0 unspecified atom stereocenters. The molecule has 0 spiro atoms. The second kappa shape index (κ2) is 7.46. The van der Waals surface area contributed by atoms with Crippen molar-refractivity contribution in [3.8, 4) is 24.0 Å². The van der Waals surface area contributed by atoms with Crippen molar-refractivity contribution < 1.29 is 35.8 Å². The van der Waals surface area contributed by atoms with E-state index in [-0.39, 0.29) is 17.5 Å². The van der Waals surface area contributed by atoms with E-state index >= 15 is 0 Å². The van der Waals surface area contributed by atoms with Crippen molar-refractivity contribution in [1.82, 2.24) is 0 Å². The molecule has 0 bridgehead atoms. The standard InChI is InChI=1S/C17H8F6N2O2/c18-16(19,20)12-6-10(1-3-14(12)26-8-24)5-11-2-4-15(27-9-25)13(7-11)17(21,22)23/h1-4,6-7H,5H2. The minimum atomic E-state index is -4.82. The number of alkyl halides is 6. The molecule has 0 radical (unpaired) electrons. The van der Waals surface area contributed by atoms with Gasteiger partial charge in [0.2, 0.25) is 0 Å². The van der Waals surface area contributed by atoms with E-state index in [4.69, 9.17) is 10.5 Å². The van der Waals surface area contributed by atoms with E-state index in [9.17, 15) is 26.3 Å². The first-order valence-electron chi connectivity index (χ1n) is 7.08. The molecule has 2 aromatic rings. The van der Waals surface area contributed by atoms with Crippen LogP contribution in [-0.2, 0) is 18.8 Å². The highest BCUT2D eigenvalue weighted by molar-refractivity contribution is 5.44. The van der Waals surface area contributed by atoms with E-state index in [1.165, 1.54) is 12.1 Å². The molecular weight excluding hydrogens is 378 g/mol. The maximum atomic E-state index is 13.1. The molecule has 0 saturated heterocycles. The van der Waals surface area contributed by atoms with Gasteiger partial charge in [0.1, 0.15) is 0 Å². The van der Waals surface area contributed by atoms with Gasteiger partial charge >= 0.3 is 12.4 Å². The van der Waals surface area contributed by atoms with Gasteiger partial charge in [-0.05, 0) is 41.8 Å². The predicted octanol–water partition coefficient (Wildman–Crippen LogP) is 5.03. The Kier molecular flexibility index (Phi) is 5.50. The van der Waals surface area contributed by atoms with Crippen LogP contribution >= 0.6 is 0 Å². The summed E-state index contributed by atoms with van der Waals surface area (Å²) in [7, 11) is 0. The summed E-state index contributed by atoms with van der Waals surface area (Å²) in [5, 5.41) is 16.8. The van der Waals surface area contributed by atoms with Crippen molar-refractivity contribution in [2.45, 2.75) is 18.8 Å². The first kappa shape index (κ1) is 19.9. The third-order valence-corrected chi connectivity index (χ3v) is 3.42. The maximum Gasteiger partial charge on any atom is 0.420 e. The summed E-state index contributed by atoms with van der Waals surface area (Å²) in [6.45, 7) is 0. The number of ether oxygens (including phenoxy) is 2. The lowest BCUT2D eigenvalue weighted by atomic mass is 10.00. The molecular formula is C17H8F6N2O2. The fraction of sp³-hybridized carbons (Fsp3) is 0.176. The number of halogens is 6. The summed E-state index contributed by atoms with van der Waals surface area (Å²) >= 11 is 0. The summed E-state index contributed by atoms with van der Waals surface area (Å²) in [6, 6.07) is 5.63. The van der Waals surface area contributed by atoms with Gasteiger partial charge < -0.3 is 9.47 Å². The molecule has 0 fully saturated rings. The molecule has 0 aliphatic rings. The van der Waals surface area contributed by atoms with Crippen LogP contribution in [-0.4, -0.2) is 0 Å². The number of benzene rings is 2. The minimum Gasteiger partial charge on any atom is -0.387 e. The maximum absolute atomic E-state index is 13.1. The van der Waals surface area contributed by atoms with Gasteiger partial charge in [-0.15, -0.1) is 10.5 Å². The lowest BCUT2D eigenvalue weighted by molar-refractivity contribution is -0.139. The predicted molar refractivity (Wildman–Crippen MR) is 78.2 cm³/mol. The van der Waals surface area contributed by atoms with Crippen molar-refractivity contribution in [2.75, 3.05) is 0 Å². The van der Waals surface area contributed by atoms with Crippen LogP contribution in [0.15, 0.2) is 36.4 Å². The van der Waals surface area contributed by atoms with Crippen molar-refractivity contribution in [3.05, 3.63) is 58.7 Å². The second-order valence-electron chi connectivity index (χ2n) is 5.22. The van der Waals surface area contributed by atoms with E-state index in [1.54, 1.807) is 0 Å². The van der Waals surface area contributed by atoms with Crippen molar-refractivity contribution >= 4 is 0 Å². The highest BCUT2D eigenvalue weighted by Gasteiger charge is 2.36. The van der Waals surface area contributed by atoms with Crippen LogP contribution in [0.4, 0.5) is 26.3 Å². The Bertz CT molecular complexity index is 847. The Hall–Kier alpha value is -3.40. The van der Waals surface area contributed by atoms with Crippen LogP contribution in [0.1, 0.15) is 22.3 Å². The van der Waals surface area contributed by atoms with Gasteiger partial charge in [0.15, 0.2) is 11.5 Å². The molecule has 140 valence electrons. The summed E-state index contributed by atoms with van der Waals surface area (Å²) in [5.74, 6) is -1.41. The van der Waals surface area contributed by atoms with E-state index in [0.29, 0.717) is 12.1 Å². The molecule has 0 amide bonds. The Morgan fingerprint density at radius 2 is 1.07 bits per heavy atom. The Labute approximate surface area is 148 Å². The zero-order valence-corrected chi connectivity index (χ0v) is 13.1. The first-order valence-corrected chi connectivity index (χ1v) is 7.08. The highest BCUT2D eigenvalue weighted by atomic mass is 19.4. The van der Waals surface area contributed by atoms with Gasteiger partial charge in [0.25, 0.3) is 12.5 Å². The molecule has 0 saturated carbocycles. The highest BCUT2D eigenvalue weighted by Crippen LogP contribution is 2.39. The molecule has 0 atom stereocenters. The molecule has 0 aromatic heterocycles. The van der Waals surface area contributed by atoms with E-state index in [2.05, 4.69) is 9.47 Å². The summed E-state index contributed by atoms with van der Waals surface area (Å²) in [6.07, 6.45) is -7.60. The van der Waals surface area contributed by atoms with Gasteiger partial charge in [-0.25, -0.2) is 0 Å². The van der Waals surface area contributed by atoms with Gasteiger partial charge in [0.05, 0.1) is 11.1 Å². The quantitative estimate of drug-likeness (QED) is 0.546. The monoisotopic (exact) mass is 386 g/mol. The SMILES string of the molecule is N#COc1ccc(Cc2ccc(OC#N)c(C(F)(F)F)c2)cc1C(F)(F)F. The molecule has 0 aliphatic heterocycles. The number of nitriles is 2. The topological polar surface area (TPSA) is 66.0 Å². The number of rotatable bonds is 4. The number of nitrogens with zero attached hydrogens (tertiary/aromatic N) is 2. The lowest BCUT2D eigenvalue weighted by Gasteiger charge is -2.14. The van der Waals surface area contributed by atoms with Crippen molar-refractivity contribution in [1.29, 1.82) is 10.5 Å². The van der Waals surface area contributed by atoms with Crippen LogP contribution in [0.25, 0.3) is 0 Å². The zero-order chi connectivity index (χ0) is 20.2. The van der Waals surface area contributed by atoms with Crippen LogP contribution < -0.4 is 9.47 Å². The van der Waals surface area contributed by atoms with Crippen LogP contribution in [0, 0.1) is 23.0 Å². The van der Waals surface area contributed by atoms with Crippen LogP contribution in [0.2, 0.25) is 0 Å². The molecule has 4 nitrogen and oxygen atoms in total. The molecule has 0 heterocycles. The minimum absolute atomic E-state index is 0.0506. The molecule has 2 aromatic carbocycles. The molecule has 2 rings (SSSR count). The van der Waals surface area contributed by atoms with E-state index in [1.807, 2.05) is 0 Å². The van der Waals surface area contributed by atoms with Crippen molar-refractivity contribution in [2.24, 2.45) is 0 Å². The van der Waals surface area contributed by atoms with Gasteiger partial charge in [-0.2, -0.15) is 26.3 Å². The molecule has 0 N–H and O–H groups in total. The normalized spacial score (nSPS) is 11.4. The fourth-order valence-electron chi connectivity index (χ4n) is 2.33. The fourth-order valence-corrected chi connectivity index (χ4v) is 2.33. The second-order valence-corrected chi connectivity index (χ2v) is 5.22.